The average Bonchev–Trinajstić information content (AvgIpc) is 2.43. The van der Waals surface area contributed by atoms with Crippen LogP contribution >= 0.6 is 0 Å². The van der Waals surface area contributed by atoms with Gasteiger partial charge in [-0.2, -0.15) is 0 Å². The van der Waals surface area contributed by atoms with E-state index in [1.807, 2.05) is 37.2 Å². The number of nitrogens with two attached hydrogens (primary N) is 1. The lowest BCUT2D eigenvalue weighted by atomic mass is 10.1. The van der Waals surface area contributed by atoms with Gasteiger partial charge in [0.15, 0.2) is 0 Å². The van der Waals surface area contributed by atoms with Crippen LogP contribution in [-0.4, -0.2) is 29.1 Å². The smallest absolute Gasteiger partial charge is 0.245 e. The van der Waals surface area contributed by atoms with Gasteiger partial charge in [0.25, 0.3) is 0 Å². The highest BCUT2D eigenvalue weighted by molar-refractivity contribution is 7.96. The second kappa shape index (κ2) is 5.53. The van der Waals surface area contributed by atoms with E-state index in [2.05, 4.69) is 11.2 Å². The van der Waals surface area contributed by atoms with E-state index < -0.39 is 9.84 Å². The Labute approximate surface area is 119 Å². The van der Waals surface area contributed by atoms with Crippen LogP contribution in [0.15, 0.2) is 41.3 Å². The Hall–Kier alpha value is -2.03. The zero-order valence-corrected chi connectivity index (χ0v) is 12.2. The van der Waals surface area contributed by atoms with Crippen LogP contribution in [0.25, 0.3) is 10.8 Å². The van der Waals surface area contributed by atoms with Crippen LogP contribution in [0.3, 0.4) is 0 Å². The summed E-state index contributed by atoms with van der Waals surface area (Å²) in [6.45, 7) is 0.0208. The first-order chi connectivity index (χ1) is 9.47. The SMILES string of the molecule is CN(C)c1cccc2c(S(=O)(=O)C#CCN)cccc12. The third-order valence-electron chi connectivity index (χ3n) is 2.94. The van der Waals surface area contributed by atoms with Crippen LogP contribution < -0.4 is 10.6 Å². The van der Waals surface area contributed by atoms with Crippen molar-refractivity contribution in [3.63, 3.8) is 0 Å². The van der Waals surface area contributed by atoms with Gasteiger partial charge in [-0.05, 0) is 12.1 Å². The van der Waals surface area contributed by atoms with Gasteiger partial charge in [0.2, 0.25) is 9.84 Å². The zero-order chi connectivity index (χ0) is 14.8. The van der Waals surface area contributed by atoms with E-state index in [0.717, 1.165) is 11.1 Å². The fourth-order valence-corrected chi connectivity index (χ4v) is 3.19. The molecule has 0 radical (unpaired) electrons. The number of nitrogens with zero attached hydrogens (tertiary/aromatic N) is 1. The molecule has 0 fully saturated rings. The van der Waals surface area contributed by atoms with Crippen LogP contribution in [0, 0.1) is 11.2 Å². The molecule has 0 heterocycles. The van der Waals surface area contributed by atoms with Crippen molar-refractivity contribution >= 4 is 26.3 Å². The lowest BCUT2D eigenvalue weighted by Gasteiger charge is -2.16. The maximum Gasteiger partial charge on any atom is 0.245 e. The van der Waals surface area contributed by atoms with E-state index in [4.69, 9.17) is 5.73 Å². The molecule has 0 spiro atoms. The molecule has 0 aromatic heterocycles. The van der Waals surface area contributed by atoms with Crippen molar-refractivity contribution in [2.24, 2.45) is 5.73 Å². The molecule has 0 aliphatic heterocycles. The Morgan fingerprint density at radius 3 is 2.40 bits per heavy atom. The fraction of sp³-hybridized carbons (Fsp3) is 0.200. The number of fused-ring (bicyclic) bond motifs is 1. The lowest BCUT2D eigenvalue weighted by molar-refractivity contribution is 0.607. The molecule has 4 nitrogen and oxygen atoms in total. The van der Waals surface area contributed by atoms with Gasteiger partial charge in [0.05, 0.1) is 11.4 Å². The average molecular weight is 288 g/mol. The number of hydrogen-bond donors (Lipinski definition) is 1. The first-order valence-electron chi connectivity index (χ1n) is 6.11. The van der Waals surface area contributed by atoms with Crippen molar-refractivity contribution in [2.45, 2.75) is 4.90 Å². The molecule has 0 saturated heterocycles. The largest absolute Gasteiger partial charge is 0.377 e. The second-order valence-electron chi connectivity index (χ2n) is 4.51. The molecule has 5 heteroatoms. The topological polar surface area (TPSA) is 63.4 Å². The molecule has 0 amide bonds. The Morgan fingerprint density at radius 2 is 1.75 bits per heavy atom. The number of benzene rings is 2. The normalized spacial score (nSPS) is 10.9. The van der Waals surface area contributed by atoms with Crippen molar-refractivity contribution in [3.8, 4) is 11.2 Å². The molecule has 2 N–H and O–H groups in total. The monoisotopic (exact) mass is 288 g/mol. The molecule has 0 bridgehead atoms. The van der Waals surface area contributed by atoms with E-state index in [1.54, 1.807) is 18.2 Å². The lowest BCUT2D eigenvalue weighted by Crippen LogP contribution is -2.09. The summed E-state index contributed by atoms with van der Waals surface area (Å²) in [5, 5.41) is 3.80. The van der Waals surface area contributed by atoms with Gasteiger partial charge in [0.1, 0.15) is 0 Å². The van der Waals surface area contributed by atoms with Gasteiger partial charge in [-0.25, -0.2) is 8.42 Å². The van der Waals surface area contributed by atoms with E-state index in [9.17, 15) is 8.42 Å². The Balaban J connectivity index is 2.77. The molecule has 2 rings (SSSR count). The molecule has 2 aromatic carbocycles. The molecular weight excluding hydrogens is 272 g/mol. The number of hydrogen-bond acceptors (Lipinski definition) is 4. The minimum absolute atomic E-state index is 0.0208. The van der Waals surface area contributed by atoms with Gasteiger partial charge in [-0.3, -0.25) is 0 Å². The predicted molar refractivity (Wildman–Crippen MR) is 82.3 cm³/mol. The van der Waals surface area contributed by atoms with Crippen molar-refractivity contribution in [3.05, 3.63) is 36.4 Å². The van der Waals surface area contributed by atoms with Gasteiger partial charge in [-0.1, -0.05) is 30.2 Å². The predicted octanol–water partition coefficient (Wildman–Crippen LogP) is 1.60. The third kappa shape index (κ3) is 2.62. The van der Waals surface area contributed by atoms with E-state index in [1.165, 1.54) is 0 Å². The summed E-state index contributed by atoms with van der Waals surface area (Å²) in [6.07, 6.45) is 0. The Morgan fingerprint density at radius 1 is 1.10 bits per heavy atom. The van der Waals surface area contributed by atoms with E-state index in [-0.39, 0.29) is 11.4 Å². The van der Waals surface area contributed by atoms with E-state index >= 15 is 0 Å². The molecule has 20 heavy (non-hydrogen) atoms. The highest BCUT2D eigenvalue weighted by Crippen LogP contribution is 2.30. The molecule has 0 unspecified atom stereocenters. The van der Waals surface area contributed by atoms with Crippen LogP contribution in [0.2, 0.25) is 0 Å². The maximum absolute atomic E-state index is 12.2. The summed E-state index contributed by atoms with van der Waals surface area (Å²) < 4.78 is 24.5. The minimum atomic E-state index is -3.65. The molecule has 0 saturated carbocycles. The van der Waals surface area contributed by atoms with Gasteiger partial charge in [-0.15, -0.1) is 0 Å². The van der Waals surface area contributed by atoms with Gasteiger partial charge < -0.3 is 10.6 Å². The number of sulfone groups is 1. The first kappa shape index (κ1) is 14.4. The van der Waals surface area contributed by atoms with Crippen LogP contribution in [0.4, 0.5) is 5.69 Å². The van der Waals surface area contributed by atoms with E-state index in [0.29, 0.717) is 5.39 Å². The number of anilines is 1. The molecule has 0 aliphatic rings. The van der Waals surface area contributed by atoms with Gasteiger partial charge in [0, 0.05) is 35.8 Å². The maximum atomic E-state index is 12.2. The molecular formula is C15H16N2O2S. The quantitative estimate of drug-likeness (QED) is 0.673. The highest BCUT2D eigenvalue weighted by Gasteiger charge is 2.16. The summed E-state index contributed by atoms with van der Waals surface area (Å²) >= 11 is 0. The van der Waals surface area contributed by atoms with Crippen LogP contribution in [0.5, 0.6) is 0 Å². The Kier molecular flexibility index (Phi) is 3.98. The van der Waals surface area contributed by atoms with Crippen molar-refractivity contribution < 1.29 is 8.42 Å². The second-order valence-corrected chi connectivity index (χ2v) is 6.16. The Bertz CT molecular complexity index is 799. The molecule has 104 valence electrons. The van der Waals surface area contributed by atoms with Crippen molar-refractivity contribution in [1.29, 1.82) is 0 Å². The summed E-state index contributed by atoms with van der Waals surface area (Å²) in [5.41, 5.74) is 6.21. The summed E-state index contributed by atoms with van der Waals surface area (Å²) in [5.74, 6) is 2.42. The van der Waals surface area contributed by atoms with Gasteiger partial charge >= 0.3 is 0 Å². The first-order valence-corrected chi connectivity index (χ1v) is 7.59. The molecule has 0 aliphatic carbocycles. The van der Waals surface area contributed by atoms with Crippen LogP contribution in [0.1, 0.15) is 0 Å². The summed E-state index contributed by atoms with van der Waals surface area (Å²) in [6, 6.07) is 10.8. The highest BCUT2D eigenvalue weighted by atomic mass is 32.2. The number of rotatable bonds is 2. The summed E-state index contributed by atoms with van der Waals surface area (Å²) in [7, 11) is 0.190. The van der Waals surface area contributed by atoms with Crippen molar-refractivity contribution in [1.82, 2.24) is 0 Å². The molecule has 0 atom stereocenters. The fourth-order valence-electron chi connectivity index (χ4n) is 2.08. The molecule has 2 aromatic rings. The minimum Gasteiger partial charge on any atom is -0.377 e. The standard InChI is InChI=1S/C15H16N2O2S/c1-17(2)14-8-3-7-13-12(14)6-4-9-15(13)20(18,19)11-5-10-16/h3-4,6-9H,10,16H2,1-2H3. The van der Waals surface area contributed by atoms with Crippen molar-refractivity contribution in [2.75, 3.05) is 25.5 Å². The third-order valence-corrected chi connectivity index (χ3v) is 4.29. The van der Waals surface area contributed by atoms with Crippen LogP contribution in [-0.2, 0) is 9.84 Å². The summed E-state index contributed by atoms with van der Waals surface area (Å²) in [4.78, 5) is 2.17. The zero-order valence-electron chi connectivity index (χ0n) is 11.4.